The second-order valence-electron chi connectivity index (χ2n) is 2.59. The van der Waals surface area contributed by atoms with Crippen molar-refractivity contribution in [3.05, 3.63) is 29.8 Å². The Balaban J connectivity index is 2.68. The molecule has 12 heavy (non-hydrogen) atoms. The van der Waals surface area contributed by atoms with E-state index in [0.717, 1.165) is 24.3 Å². The minimum atomic E-state index is 0.514. The third-order valence-electron chi connectivity index (χ3n) is 1.58. The molecule has 0 aliphatic carbocycles. The first-order valence-corrected chi connectivity index (χ1v) is 4.68. The molecule has 0 bridgehead atoms. The minimum absolute atomic E-state index is 0.514. The monoisotopic (exact) mass is 184 g/mol. The van der Waals surface area contributed by atoms with Crippen molar-refractivity contribution in [2.45, 2.75) is 19.2 Å². The fraction of sp³-hybridized carbons (Fsp3) is 0.400. The van der Waals surface area contributed by atoms with Crippen LogP contribution < -0.4 is 4.74 Å². The molecule has 0 heterocycles. The molecule has 66 valence electrons. The summed E-state index contributed by atoms with van der Waals surface area (Å²) >= 11 is 5.73. The molecule has 0 radical (unpaired) electrons. The highest BCUT2D eigenvalue weighted by molar-refractivity contribution is 6.17. The van der Waals surface area contributed by atoms with Gasteiger partial charge in [-0.3, -0.25) is 0 Å². The third kappa shape index (κ3) is 2.42. The van der Waals surface area contributed by atoms with E-state index in [9.17, 15) is 0 Å². The molecule has 0 spiro atoms. The molecule has 0 aliphatic rings. The highest BCUT2D eigenvalue weighted by Crippen LogP contribution is 2.19. The summed E-state index contributed by atoms with van der Waals surface area (Å²) in [5, 5.41) is 0. The number of halogens is 1. The summed E-state index contributed by atoms with van der Waals surface area (Å²) in [4.78, 5) is 0. The van der Waals surface area contributed by atoms with Crippen molar-refractivity contribution in [2.24, 2.45) is 0 Å². The Morgan fingerprint density at radius 1 is 1.33 bits per heavy atom. The molecular weight excluding hydrogens is 172 g/mol. The van der Waals surface area contributed by atoms with E-state index in [4.69, 9.17) is 16.3 Å². The molecule has 0 unspecified atom stereocenters. The van der Waals surface area contributed by atoms with E-state index in [2.05, 4.69) is 6.92 Å². The zero-order valence-corrected chi connectivity index (χ0v) is 7.97. The lowest BCUT2D eigenvalue weighted by Crippen LogP contribution is -1.97. The fourth-order valence-electron chi connectivity index (χ4n) is 0.967. The molecule has 2 heteroatoms. The molecule has 1 aromatic rings. The van der Waals surface area contributed by atoms with Gasteiger partial charge in [0.25, 0.3) is 0 Å². The van der Waals surface area contributed by atoms with Gasteiger partial charge in [0.15, 0.2) is 0 Å². The van der Waals surface area contributed by atoms with E-state index in [0.29, 0.717) is 5.88 Å². The molecule has 1 nitrogen and oxygen atoms in total. The first kappa shape index (κ1) is 9.40. The number of benzene rings is 1. The lowest BCUT2D eigenvalue weighted by atomic mass is 10.2. The lowest BCUT2D eigenvalue weighted by Gasteiger charge is -2.07. The fourth-order valence-corrected chi connectivity index (χ4v) is 1.19. The summed E-state index contributed by atoms with van der Waals surface area (Å²) in [7, 11) is 0. The van der Waals surface area contributed by atoms with Gasteiger partial charge in [-0.25, -0.2) is 0 Å². The Morgan fingerprint density at radius 2 is 2.08 bits per heavy atom. The van der Waals surface area contributed by atoms with E-state index in [1.54, 1.807) is 0 Å². The summed E-state index contributed by atoms with van der Waals surface area (Å²) in [5.41, 5.74) is 1.06. The van der Waals surface area contributed by atoms with Gasteiger partial charge in [0.1, 0.15) is 5.75 Å². The second-order valence-corrected chi connectivity index (χ2v) is 2.86. The number of alkyl halides is 1. The summed E-state index contributed by atoms with van der Waals surface area (Å²) in [6.07, 6.45) is 1.02. The zero-order chi connectivity index (χ0) is 8.81. The SMILES string of the molecule is CCCOc1ccccc1CCl. The van der Waals surface area contributed by atoms with Gasteiger partial charge in [-0.2, -0.15) is 0 Å². The molecule has 0 saturated heterocycles. The number of para-hydroxylation sites is 1. The van der Waals surface area contributed by atoms with Crippen LogP contribution in [0.1, 0.15) is 18.9 Å². The Hall–Kier alpha value is -0.690. The summed E-state index contributed by atoms with van der Waals surface area (Å²) < 4.78 is 5.49. The summed E-state index contributed by atoms with van der Waals surface area (Å²) in [6, 6.07) is 7.86. The standard InChI is InChI=1S/C10H13ClO/c1-2-7-12-10-6-4-3-5-9(10)8-11/h3-6H,2,7-8H2,1H3. The zero-order valence-electron chi connectivity index (χ0n) is 7.22. The Morgan fingerprint density at radius 3 is 2.75 bits per heavy atom. The molecule has 1 rings (SSSR count). The molecule has 1 aromatic carbocycles. The van der Waals surface area contributed by atoms with Crippen molar-refractivity contribution >= 4 is 11.6 Å². The lowest BCUT2D eigenvalue weighted by molar-refractivity contribution is 0.315. The second kappa shape index (κ2) is 5.04. The highest BCUT2D eigenvalue weighted by atomic mass is 35.5. The molecule has 0 saturated carbocycles. The molecular formula is C10H13ClO. The van der Waals surface area contributed by atoms with E-state index in [-0.39, 0.29) is 0 Å². The van der Waals surface area contributed by atoms with Crippen LogP contribution in [-0.2, 0) is 5.88 Å². The number of rotatable bonds is 4. The van der Waals surface area contributed by atoms with Crippen LogP contribution in [0.4, 0.5) is 0 Å². The average molecular weight is 185 g/mol. The van der Waals surface area contributed by atoms with Gasteiger partial charge < -0.3 is 4.74 Å². The normalized spacial score (nSPS) is 9.83. The van der Waals surface area contributed by atoms with E-state index >= 15 is 0 Å². The molecule has 0 aliphatic heterocycles. The maximum absolute atomic E-state index is 5.73. The van der Waals surface area contributed by atoms with Crippen molar-refractivity contribution in [3.63, 3.8) is 0 Å². The van der Waals surface area contributed by atoms with Crippen LogP contribution in [0.5, 0.6) is 5.75 Å². The van der Waals surface area contributed by atoms with Crippen molar-refractivity contribution in [2.75, 3.05) is 6.61 Å². The van der Waals surface area contributed by atoms with Gasteiger partial charge in [0, 0.05) is 5.56 Å². The van der Waals surface area contributed by atoms with Crippen LogP contribution >= 0.6 is 11.6 Å². The Kier molecular flexibility index (Phi) is 3.95. The highest BCUT2D eigenvalue weighted by Gasteiger charge is 1.99. The van der Waals surface area contributed by atoms with Crippen molar-refractivity contribution in [1.29, 1.82) is 0 Å². The van der Waals surface area contributed by atoms with Gasteiger partial charge in [-0.15, -0.1) is 11.6 Å². The van der Waals surface area contributed by atoms with Crippen LogP contribution in [-0.4, -0.2) is 6.61 Å². The quantitative estimate of drug-likeness (QED) is 0.653. The first-order chi connectivity index (χ1) is 5.88. The van der Waals surface area contributed by atoms with Crippen LogP contribution in [0.3, 0.4) is 0 Å². The van der Waals surface area contributed by atoms with Gasteiger partial charge in [-0.05, 0) is 12.5 Å². The van der Waals surface area contributed by atoms with Crippen LogP contribution in [0, 0.1) is 0 Å². The molecule has 0 amide bonds. The topological polar surface area (TPSA) is 9.23 Å². The smallest absolute Gasteiger partial charge is 0.123 e. The molecule has 0 aromatic heterocycles. The van der Waals surface area contributed by atoms with Crippen molar-refractivity contribution in [1.82, 2.24) is 0 Å². The van der Waals surface area contributed by atoms with Crippen LogP contribution in [0.15, 0.2) is 24.3 Å². The van der Waals surface area contributed by atoms with Gasteiger partial charge in [-0.1, -0.05) is 25.1 Å². The van der Waals surface area contributed by atoms with E-state index in [1.807, 2.05) is 24.3 Å². The third-order valence-corrected chi connectivity index (χ3v) is 1.87. The summed E-state index contributed by atoms with van der Waals surface area (Å²) in [6.45, 7) is 2.84. The van der Waals surface area contributed by atoms with E-state index < -0.39 is 0 Å². The summed E-state index contributed by atoms with van der Waals surface area (Å²) in [5.74, 6) is 1.43. The predicted molar refractivity (Wildman–Crippen MR) is 51.8 cm³/mol. The Bertz CT molecular complexity index is 235. The number of hydrogen-bond acceptors (Lipinski definition) is 1. The number of ether oxygens (including phenoxy) is 1. The largest absolute Gasteiger partial charge is 0.493 e. The molecule has 0 fully saturated rings. The maximum atomic E-state index is 5.73. The van der Waals surface area contributed by atoms with Gasteiger partial charge in [0.2, 0.25) is 0 Å². The molecule has 0 atom stereocenters. The minimum Gasteiger partial charge on any atom is -0.493 e. The van der Waals surface area contributed by atoms with Crippen molar-refractivity contribution in [3.8, 4) is 5.75 Å². The van der Waals surface area contributed by atoms with Gasteiger partial charge in [0.05, 0.1) is 12.5 Å². The van der Waals surface area contributed by atoms with E-state index in [1.165, 1.54) is 0 Å². The van der Waals surface area contributed by atoms with Crippen molar-refractivity contribution < 1.29 is 4.74 Å². The maximum Gasteiger partial charge on any atom is 0.123 e. The number of hydrogen-bond donors (Lipinski definition) is 0. The average Bonchev–Trinajstić information content (AvgIpc) is 2.15. The molecule has 0 N–H and O–H groups in total. The Labute approximate surface area is 78.3 Å². The van der Waals surface area contributed by atoms with Crippen LogP contribution in [0.2, 0.25) is 0 Å². The van der Waals surface area contributed by atoms with Crippen LogP contribution in [0.25, 0.3) is 0 Å². The first-order valence-electron chi connectivity index (χ1n) is 4.15. The van der Waals surface area contributed by atoms with Gasteiger partial charge >= 0.3 is 0 Å². The predicted octanol–water partition coefficient (Wildman–Crippen LogP) is 3.21.